The van der Waals surface area contributed by atoms with Gasteiger partial charge in [0.25, 0.3) is 5.91 Å². The van der Waals surface area contributed by atoms with E-state index in [1.807, 2.05) is 13.8 Å². The molecule has 0 saturated heterocycles. The number of nitrogens with one attached hydrogen (secondary N) is 1. The van der Waals surface area contributed by atoms with Crippen LogP contribution < -0.4 is 14.8 Å². The van der Waals surface area contributed by atoms with Crippen molar-refractivity contribution in [1.82, 2.24) is 10.2 Å². The Hall–Kier alpha value is -2.15. The minimum absolute atomic E-state index is 0.259. The zero-order valence-electron chi connectivity index (χ0n) is 11.5. The predicted octanol–water partition coefficient (Wildman–Crippen LogP) is 2.51. The summed E-state index contributed by atoms with van der Waals surface area (Å²) in [6.07, 6.45) is 0. The summed E-state index contributed by atoms with van der Waals surface area (Å²) in [4.78, 5) is 12.1. The number of aryl methyl sites for hydroxylation is 1. The average Bonchev–Trinajstić information content (AvgIpc) is 2.84. The largest absolute Gasteiger partial charge is 0.493 e. The van der Waals surface area contributed by atoms with E-state index in [0.717, 1.165) is 5.01 Å². The molecule has 7 heteroatoms. The first kappa shape index (κ1) is 14.3. The van der Waals surface area contributed by atoms with Crippen LogP contribution >= 0.6 is 11.3 Å². The van der Waals surface area contributed by atoms with Gasteiger partial charge in [-0.1, -0.05) is 11.3 Å². The van der Waals surface area contributed by atoms with Crippen LogP contribution in [-0.2, 0) is 0 Å². The third-order valence-corrected chi connectivity index (χ3v) is 3.23. The molecule has 1 heterocycles. The molecule has 1 amide bonds. The zero-order chi connectivity index (χ0) is 14.5. The fraction of sp³-hybridized carbons (Fsp3) is 0.308. The Labute approximate surface area is 120 Å². The molecule has 0 saturated carbocycles. The highest BCUT2D eigenvalue weighted by atomic mass is 32.1. The molecule has 20 heavy (non-hydrogen) atoms. The molecule has 2 rings (SSSR count). The molecule has 0 fully saturated rings. The van der Waals surface area contributed by atoms with E-state index in [2.05, 4.69) is 15.5 Å². The molecule has 0 atom stereocenters. The van der Waals surface area contributed by atoms with Crippen molar-refractivity contribution in [3.63, 3.8) is 0 Å². The van der Waals surface area contributed by atoms with Crippen molar-refractivity contribution in [3.05, 3.63) is 28.8 Å². The van der Waals surface area contributed by atoms with E-state index >= 15 is 0 Å². The van der Waals surface area contributed by atoms with Gasteiger partial charge >= 0.3 is 0 Å². The van der Waals surface area contributed by atoms with Crippen LogP contribution in [0.3, 0.4) is 0 Å². The summed E-state index contributed by atoms with van der Waals surface area (Å²) in [6.45, 7) is 4.20. The summed E-state index contributed by atoms with van der Waals surface area (Å²) in [6, 6.07) is 5.02. The van der Waals surface area contributed by atoms with E-state index in [1.165, 1.54) is 11.3 Å². The smallest absolute Gasteiger partial charge is 0.257 e. The first-order valence-electron chi connectivity index (χ1n) is 6.06. The Balaban J connectivity index is 2.19. The molecule has 0 aliphatic rings. The lowest BCUT2D eigenvalue weighted by molar-refractivity contribution is 0.102. The van der Waals surface area contributed by atoms with Crippen molar-refractivity contribution in [2.45, 2.75) is 13.8 Å². The summed E-state index contributed by atoms with van der Waals surface area (Å²) in [5.74, 6) is 0.871. The molecular weight excluding hydrogens is 278 g/mol. The van der Waals surface area contributed by atoms with E-state index in [9.17, 15) is 4.79 Å². The van der Waals surface area contributed by atoms with Crippen LogP contribution in [0.2, 0.25) is 0 Å². The maximum Gasteiger partial charge on any atom is 0.257 e. The van der Waals surface area contributed by atoms with Gasteiger partial charge in [-0.3, -0.25) is 10.1 Å². The summed E-state index contributed by atoms with van der Waals surface area (Å²) < 4.78 is 10.6. The Morgan fingerprint density at radius 2 is 2.15 bits per heavy atom. The van der Waals surface area contributed by atoms with Gasteiger partial charge in [0.1, 0.15) is 5.01 Å². The van der Waals surface area contributed by atoms with Gasteiger partial charge < -0.3 is 9.47 Å². The van der Waals surface area contributed by atoms with Gasteiger partial charge in [0.2, 0.25) is 5.13 Å². The maximum atomic E-state index is 12.1. The van der Waals surface area contributed by atoms with E-state index in [1.54, 1.807) is 25.3 Å². The van der Waals surface area contributed by atoms with Gasteiger partial charge in [0, 0.05) is 5.56 Å². The molecule has 6 nitrogen and oxygen atoms in total. The highest BCUT2D eigenvalue weighted by Crippen LogP contribution is 2.28. The fourth-order valence-electron chi connectivity index (χ4n) is 1.60. The lowest BCUT2D eigenvalue weighted by Crippen LogP contribution is -2.12. The number of carbonyl (C=O) groups excluding carboxylic acids is 1. The second-order valence-electron chi connectivity index (χ2n) is 3.88. The number of hydrogen-bond acceptors (Lipinski definition) is 6. The molecule has 0 aliphatic carbocycles. The molecule has 1 aromatic heterocycles. The molecule has 0 aliphatic heterocycles. The van der Waals surface area contributed by atoms with Crippen molar-refractivity contribution in [2.24, 2.45) is 0 Å². The molecule has 0 spiro atoms. The first-order valence-corrected chi connectivity index (χ1v) is 6.88. The predicted molar refractivity (Wildman–Crippen MR) is 76.8 cm³/mol. The quantitative estimate of drug-likeness (QED) is 0.917. The van der Waals surface area contributed by atoms with Gasteiger partial charge in [-0.05, 0) is 32.0 Å². The van der Waals surface area contributed by atoms with Gasteiger partial charge in [0.15, 0.2) is 11.5 Å². The molecule has 1 N–H and O–H groups in total. The van der Waals surface area contributed by atoms with Crippen molar-refractivity contribution in [3.8, 4) is 11.5 Å². The lowest BCUT2D eigenvalue weighted by Gasteiger charge is -2.10. The van der Waals surface area contributed by atoms with E-state index in [-0.39, 0.29) is 5.91 Å². The van der Waals surface area contributed by atoms with E-state index in [0.29, 0.717) is 28.8 Å². The fourth-order valence-corrected chi connectivity index (χ4v) is 2.19. The minimum atomic E-state index is -0.259. The monoisotopic (exact) mass is 293 g/mol. The van der Waals surface area contributed by atoms with Crippen LogP contribution in [-0.4, -0.2) is 29.8 Å². The number of rotatable bonds is 5. The number of methoxy groups -OCH3 is 1. The van der Waals surface area contributed by atoms with Crippen LogP contribution in [0.5, 0.6) is 11.5 Å². The minimum Gasteiger partial charge on any atom is -0.493 e. The third kappa shape index (κ3) is 3.24. The highest BCUT2D eigenvalue weighted by Gasteiger charge is 2.12. The van der Waals surface area contributed by atoms with Crippen LogP contribution in [0.15, 0.2) is 18.2 Å². The third-order valence-electron chi connectivity index (χ3n) is 2.47. The normalized spacial score (nSPS) is 10.2. The number of amides is 1. The van der Waals surface area contributed by atoms with Crippen LogP contribution in [0.25, 0.3) is 0 Å². The van der Waals surface area contributed by atoms with Gasteiger partial charge in [-0.2, -0.15) is 0 Å². The molecule has 0 bridgehead atoms. The topological polar surface area (TPSA) is 73.3 Å². The Morgan fingerprint density at radius 1 is 1.35 bits per heavy atom. The van der Waals surface area contributed by atoms with Crippen LogP contribution in [0.1, 0.15) is 22.3 Å². The number of benzene rings is 1. The van der Waals surface area contributed by atoms with Gasteiger partial charge in [-0.25, -0.2) is 0 Å². The highest BCUT2D eigenvalue weighted by molar-refractivity contribution is 7.15. The molecule has 0 radical (unpaired) electrons. The summed E-state index contributed by atoms with van der Waals surface area (Å²) in [5.41, 5.74) is 0.474. The Kier molecular flexibility index (Phi) is 4.52. The lowest BCUT2D eigenvalue weighted by atomic mass is 10.2. The molecule has 2 aromatic rings. The zero-order valence-corrected chi connectivity index (χ0v) is 12.3. The maximum absolute atomic E-state index is 12.1. The molecule has 0 unspecified atom stereocenters. The van der Waals surface area contributed by atoms with Crippen molar-refractivity contribution < 1.29 is 14.3 Å². The van der Waals surface area contributed by atoms with Gasteiger partial charge in [0.05, 0.1) is 13.7 Å². The number of hydrogen-bond donors (Lipinski definition) is 1. The number of ether oxygens (including phenoxy) is 2. The number of carbonyl (C=O) groups is 1. The van der Waals surface area contributed by atoms with E-state index in [4.69, 9.17) is 9.47 Å². The number of anilines is 1. The van der Waals surface area contributed by atoms with Crippen molar-refractivity contribution >= 4 is 22.4 Å². The van der Waals surface area contributed by atoms with Crippen molar-refractivity contribution in [1.29, 1.82) is 0 Å². The van der Waals surface area contributed by atoms with Gasteiger partial charge in [-0.15, -0.1) is 10.2 Å². The van der Waals surface area contributed by atoms with Crippen LogP contribution in [0.4, 0.5) is 5.13 Å². The molecule has 106 valence electrons. The standard InChI is InChI=1S/C13H15N3O3S/c1-4-19-11-7-9(5-6-10(11)18-3)12(17)14-13-16-15-8(2)20-13/h5-7H,4H2,1-3H3,(H,14,16,17). The summed E-state index contributed by atoms with van der Waals surface area (Å²) >= 11 is 1.32. The second-order valence-corrected chi connectivity index (χ2v) is 5.06. The van der Waals surface area contributed by atoms with Crippen molar-refractivity contribution in [2.75, 3.05) is 19.0 Å². The Bertz CT molecular complexity index is 613. The second kappa shape index (κ2) is 6.33. The SMILES string of the molecule is CCOc1cc(C(=O)Nc2nnc(C)s2)ccc1OC. The van der Waals surface area contributed by atoms with E-state index < -0.39 is 0 Å². The summed E-state index contributed by atoms with van der Waals surface area (Å²) in [5, 5.41) is 11.7. The molecule has 1 aromatic carbocycles. The number of nitrogens with zero attached hydrogens (tertiary/aromatic N) is 2. The number of aromatic nitrogens is 2. The summed E-state index contributed by atoms with van der Waals surface area (Å²) in [7, 11) is 1.56. The average molecular weight is 293 g/mol. The molecular formula is C13H15N3O3S. The Morgan fingerprint density at radius 3 is 2.75 bits per heavy atom. The first-order chi connectivity index (χ1) is 9.63. The van der Waals surface area contributed by atoms with Crippen LogP contribution in [0, 0.1) is 6.92 Å².